The molecule has 140 valence electrons. The van der Waals surface area contributed by atoms with Crippen LogP contribution < -0.4 is 9.47 Å². The number of methoxy groups -OCH3 is 2. The zero-order valence-corrected chi connectivity index (χ0v) is 15.9. The van der Waals surface area contributed by atoms with Crippen molar-refractivity contribution in [3.63, 3.8) is 0 Å². The van der Waals surface area contributed by atoms with Crippen molar-refractivity contribution in [2.75, 3.05) is 14.2 Å². The summed E-state index contributed by atoms with van der Waals surface area (Å²) in [5.41, 5.74) is 1.52. The smallest absolute Gasteiger partial charge is 0.216 e. The molecule has 0 spiro atoms. The van der Waals surface area contributed by atoms with E-state index in [2.05, 4.69) is 0 Å². The van der Waals surface area contributed by atoms with E-state index in [0.717, 1.165) is 5.56 Å². The third kappa shape index (κ3) is 4.49. The monoisotopic (exact) mass is 385 g/mol. The van der Waals surface area contributed by atoms with Gasteiger partial charge in [-0.2, -0.15) is 5.26 Å². The summed E-state index contributed by atoms with van der Waals surface area (Å²) < 4.78 is 35.3. The molecule has 0 fully saturated rings. The van der Waals surface area contributed by atoms with Crippen LogP contribution in [-0.4, -0.2) is 27.7 Å². The van der Waals surface area contributed by atoms with Crippen molar-refractivity contribution < 1.29 is 23.0 Å². The summed E-state index contributed by atoms with van der Waals surface area (Å²) in [4.78, 5) is -0.317. The number of phenols is 1. The van der Waals surface area contributed by atoms with Crippen molar-refractivity contribution in [2.45, 2.75) is 11.8 Å². The fraction of sp³-hybridized carbons (Fsp3) is 0.150. The molecule has 2 aromatic rings. The molecule has 0 heterocycles. The third-order valence-corrected chi connectivity index (χ3v) is 5.47. The van der Waals surface area contributed by atoms with Crippen molar-refractivity contribution in [3.8, 4) is 23.3 Å². The normalized spacial score (nSPS) is 12.0. The first-order valence-electron chi connectivity index (χ1n) is 7.88. The van der Waals surface area contributed by atoms with Crippen LogP contribution in [0.1, 0.15) is 11.1 Å². The molecular formula is C20H19NO5S. The first-order valence-corrected chi connectivity index (χ1v) is 9.37. The Balaban J connectivity index is 2.37. The van der Waals surface area contributed by atoms with E-state index in [9.17, 15) is 18.8 Å². The number of aromatic hydroxyl groups is 1. The minimum atomic E-state index is -3.90. The molecule has 2 aromatic carbocycles. The SMILES string of the molecule is COc1cc(C=CC=C(C#N)S(=O)(=O)c2ccc(C)cc2)cc(OC)c1O. The van der Waals surface area contributed by atoms with E-state index in [4.69, 9.17) is 9.47 Å². The van der Waals surface area contributed by atoms with E-state index < -0.39 is 9.84 Å². The number of phenolic OH excluding ortho intramolecular Hbond substituents is 1. The first kappa shape index (κ1) is 20.1. The molecule has 0 saturated heterocycles. The van der Waals surface area contributed by atoms with Crippen LogP contribution in [0, 0.1) is 18.3 Å². The highest BCUT2D eigenvalue weighted by molar-refractivity contribution is 7.95. The van der Waals surface area contributed by atoms with Gasteiger partial charge in [0.05, 0.1) is 19.1 Å². The van der Waals surface area contributed by atoms with Crippen LogP contribution in [0.5, 0.6) is 17.2 Å². The highest BCUT2D eigenvalue weighted by Gasteiger charge is 2.19. The van der Waals surface area contributed by atoms with Crippen LogP contribution in [-0.2, 0) is 9.84 Å². The Morgan fingerprint density at radius 1 is 1.11 bits per heavy atom. The maximum atomic E-state index is 12.6. The van der Waals surface area contributed by atoms with Gasteiger partial charge < -0.3 is 14.6 Å². The molecule has 0 aliphatic heterocycles. The minimum Gasteiger partial charge on any atom is -0.502 e. The number of allylic oxidation sites excluding steroid dienone is 3. The van der Waals surface area contributed by atoms with Crippen molar-refractivity contribution in [2.24, 2.45) is 0 Å². The van der Waals surface area contributed by atoms with Crippen LogP contribution >= 0.6 is 0 Å². The predicted molar refractivity (Wildman–Crippen MR) is 102 cm³/mol. The van der Waals surface area contributed by atoms with E-state index >= 15 is 0 Å². The number of nitriles is 1. The lowest BCUT2D eigenvalue weighted by atomic mass is 10.1. The Hall–Kier alpha value is -3.24. The second kappa shape index (κ2) is 8.43. The number of nitrogens with zero attached hydrogens (tertiary/aromatic N) is 1. The van der Waals surface area contributed by atoms with E-state index in [-0.39, 0.29) is 27.0 Å². The molecule has 0 aliphatic carbocycles. The Kier molecular flexibility index (Phi) is 6.27. The summed E-state index contributed by atoms with van der Waals surface area (Å²) in [6.45, 7) is 1.85. The molecule has 0 saturated carbocycles. The van der Waals surface area contributed by atoms with Gasteiger partial charge >= 0.3 is 0 Å². The average Bonchev–Trinajstić information content (AvgIpc) is 2.66. The number of benzene rings is 2. The standard InChI is InChI=1S/C20H19NO5S/c1-14-7-9-16(10-8-14)27(23,24)17(13-21)6-4-5-15-11-18(25-2)20(22)19(12-15)26-3/h4-12,22H,1-3H3. The summed E-state index contributed by atoms with van der Waals surface area (Å²) in [7, 11) is -1.08. The van der Waals surface area contributed by atoms with Crippen LogP contribution in [0.2, 0.25) is 0 Å². The van der Waals surface area contributed by atoms with Gasteiger partial charge in [0.15, 0.2) is 11.5 Å². The van der Waals surface area contributed by atoms with Crippen LogP contribution in [0.25, 0.3) is 6.08 Å². The number of hydrogen-bond acceptors (Lipinski definition) is 6. The summed E-state index contributed by atoms with van der Waals surface area (Å²) >= 11 is 0. The highest BCUT2D eigenvalue weighted by atomic mass is 32.2. The molecule has 7 heteroatoms. The number of hydrogen-bond donors (Lipinski definition) is 1. The van der Waals surface area contributed by atoms with E-state index in [1.165, 1.54) is 38.5 Å². The maximum absolute atomic E-state index is 12.6. The van der Waals surface area contributed by atoms with Gasteiger partial charge in [-0.3, -0.25) is 0 Å². The van der Waals surface area contributed by atoms with Gasteiger partial charge in [0, 0.05) is 0 Å². The van der Waals surface area contributed by atoms with Gasteiger partial charge in [-0.15, -0.1) is 0 Å². The summed E-state index contributed by atoms with van der Waals surface area (Å²) in [5.74, 6) is 0.295. The van der Waals surface area contributed by atoms with Gasteiger partial charge in [0.25, 0.3) is 0 Å². The lowest BCUT2D eigenvalue weighted by Gasteiger charge is -2.09. The first-order chi connectivity index (χ1) is 12.8. The number of aryl methyl sites for hydroxylation is 1. The zero-order chi connectivity index (χ0) is 20.0. The summed E-state index contributed by atoms with van der Waals surface area (Å²) in [6.07, 6.45) is 4.24. The molecular weight excluding hydrogens is 366 g/mol. The lowest BCUT2D eigenvalue weighted by Crippen LogP contribution is -2.03. The molecule has 6 nitrogen and oxygen atoms in total. The lowest BCUT2D eigenvalue weighted by molar-refractivity contribution is 0.340. The maximum Gasteiger partial charge on any atom is 0.216 e. The quantitative estimate of drug-likeness (QED) is 0.603. The second-order valence-corrected chi connectivity index (χ2v) is 7.51. The van der Waals surface area contributed by atoms with Gasteiger partial charge in [-0.25, -0.2) is 8.42 Å². The van der Waals surface area contributed by atoms with Gasteiger partial charge in [0.1, 0.15) is 11.0 Å². The summed E-state index contributed by atoms with van der Waals surface area (Å²) in [6, 6.07) is 11.1. The average molecular weight is 385 g/mol. The van der Waals surface area contributed by atoms with Gasteiger partial charge in [-0.1, -0.05) is 29.8 Å². The highest BCUT2D eigenvalue weighted by Crippen LogP contribution is 2.37. The van der Waals surface area contributed by atoms with Crippen molar-refractivity contribution in [1.29, 1.82) is 5.26 Å². The Morgan fingerprint density at radius 3 is 2.15 bits per heavy atom. The van der Waals surface area contributed by atoms with Crippen molar-refractivity contribution in [3.05, 3.63) is 64.6 Å². The molecule has 0 aromatic heterocycles. The summed E-state index contributed by atoms with van der Waals surface area (Å²) in [5, 5.41) is 19.2. The molecule has 0 amide bonds. The van der Waals surface area contributed by atoms with E-state index in [0.29, 0.717) is 5.56 Å². The van der Waals surface area contributed by atoms with Gasteiger partial charge in [-0.05, 0) is 42.8 Å². The zero-order valence-electron chi connectivity index (χ0n) is 15.1. The van der Waals surface area contributed by atoms with Gasteiger partial charge in [0.2, 0.25) is 15.6 Å². The van der Waals surface area contributed by atoms with Crippen molar-refractivity contribution >= 4 is 15.9 Å². The molecule has 1 N–H and O–H groups in total. The molecule has 0 atom stereocenters. The van der Waals surface area contributed by atoms with E-state index in [1.54, 1.807) is 36.4 Å². The number of rotatable bonds is 6. The van der Waals surface area contributed by atoms with Crippen molar-refractivity contribution in [1.82, 2.24) is 0 Å². The molecule has 0 unspecified atom stereocenters. The molecule has 0 radical (unpaired) electrons. The topological polar surface area (TPSA) is 96.6 Å². The van der Waals surface area contributed by atoms with Crippen LogP contribution in [0.3, 0.4) is 0 Å². The molecule has 0 bridgehead atoms. The Morgan fingerprint density at radius 2 is 1.67 bits per heavy atom. The van der Waals surface area contributed by atoms with Crippen LogP contribution in [0.15, 0.2) is 58.4 Å². The van der Waals surface area contributed by atoms with E-state index in [1.807, 2.05) is 6.92 Å². The third-order valence-electron chi connectivity index (χ3n) is 3.77. The largest absolute Gasteiger partial charge is 0.502 e. The Labute approximate surface area is 158 Å². The Bertz CT molecular complexity index is 1000. The predicted octanol–water partition coefficient (Wildman–Crippen LogP) is 3.61. The number of ether oxygens (including phenoxy) is 2. The molecule has 0 aliphatic rings. The van der Waals surface area contributed by atoms with Crippen LogP contribution in [0.4, 0.5) is 0 Å². The molecule has 27 heavy (non-hydrogen) atoms. The minimum absolute atomic E-state index is 0.0577. The molecule has 2 rings (SSSR count). The fourth-order valence-corrected chi connectivity index (χ4v) is 3.41. The number of sulfone groups is 1. The fourth-order valence-electron chi connectivity index (χ4n) is 2.29. The second-order valence-electron chi connectivity index (χ2n) is 5.59.